The molecule has 0 N–H and O–H groups in total. The molecular weight excluding hydrogens is 587 g/mol. The Bertz CT molecular complexity index is 1460. The van der Waals surface area contributed by atoms with Crippen molar-refractivity contribution in [2.24, 2.45) is 17.8 Å². The maximum atomic E-state index is 14.2. The minimum Gasteiger partial charge on any atom is -0.459 e. The number of esters is 1. The third-order valence-corrected chi connectivity index (χ3v) is 10.9. The van der Waals surface area contributed by atoms with Crippen LogP contribution in [0.15, 0.2) is 33.7 Å². The molecule has 6 unspecified atom stereocenters. The molecular formula is C32H39N3O6S2. The number of fused-ring (bicyclic) bond motifs is 2. The third kappa shape index (κ3) is 4.63. The lowest BCUT2D eigenvalue weighted by Crippen LogP contribution is -2.52. The van der Waals surface area contributed by atoms with E-state index in [9.17, 15) is 19.6 Å². The van der Waals surface area contributed by atoms with Gasteiger partial charge in [-0.2, -0.15) is 27.9 Å². The fraction of sp³-hybridized carbons (Fsp3) is 0.625. The maximum Gasteiger partial charge on any atom is 0.410 e. The number of thiophene rings is 2. The Morgan fingerprint density at radius 3 is 2.09 bits per heavy atom. The zero-order valence-corrected chi connectivity index (χ0v) is 27.2. The summed E-state index contributed by atoms with van der Waals surface area (Å²) in [5.41, 5.74) is -2.87. The van der Waals surface area contributed by atoms with Crippen LogP contribution in [-0.2, 0) is 29.8 Å². The molecule has 2 saturated carbocycles. The lowest BCUT2D eigenvalue weighted by Gasteiger charge is -2.36. The molecule has 4 aliphatic rings. The van der Waals surface area contributed by atoms with Crippen molar-refractivity contribution in [2.75, 3.05) is 26.2 Å². The first-order valence-electron chi connectivity index (χ1n) is 14.9. The highest BCUT2D eigenvalue weighted by atomic mass is 32.1. The van der Waals surface area contributed by atoms with Crippen molar-refractivity contribution in [1.29, 1.82) is 5.26 Å². The van der Waals surface area contributed by atoms with Gasteiger partial charge < -0.3 is 24.0 Å². The number of nitriles is 1. The summed E-state index contributed by atoms with van der Waals surface area (Å²) in [6.07, 6.45) is 0.108. The number of hydrogen-bond donors (Lipinski definition) is 0. The van der Waals surface area contributed by atoms with Gasteiger partial charge in [0, 0.05) is 31.5 Å². The van der Waals surface area contributed by atoms with Crippen molar-refractivity contribution < 1.29 is 28.6 Å². The molecule has 0 bridgehead atoms. The first-order valence-corrected chi connectivity index (χ1v) is 16.7. The van der Waals surface area contributed by atoms with E-state index in [4.69, 9.17) is 14.2 Å². The second kappa shape index (κ2) is 9.96. The summed E-state index contributed by atoms with van der Waals surface area (Å²) in [5, 5.41) is 18.0. The van der Waals surface area contributed by atoms with Crippen molar-refractivity contribution in [3.8, 4) is 6.07 Å². The SMILES string of the molecule is CC(C)(C)OC(=O)N1CCC2C(OC(=O)N3CCC4C(C3)C4(C#N)c3ccsc3)(C1)C2(C(=O)OC(C)(C)C)c1ccsc1. The number of carbonyl (C=O) groups is 3. The molecule has 6 rings (SSSR count). The van der Waals surface area contributed by atoms with Crippen LogP contribution in [0.4, 0.5) is 9.59 Å². The molecule has 11 heteroatoms. The topological polar surface area (TPSA) is 109 Å². The maximum absolute atomic E-state index is 14.2. The second-order valence-electron chi connectivity index (χ2n) is 14.3. The van der Waals surface area contributed by atoms with Crippen molar-refractivity contribution in [2.45, 2.75) is 82.0 Å². The van der Waals surface area contributed by atoms with Gasteiger partial charge in [-0.25, -0.2) is 9.59 Å². The third-order valence-electron chi connectivity index (χ3n) is 9.52. The molecule has 0 aromatic carbocycles. The first-order chi connectivity index (χ1) is 20.2. The van der Waals surface area contributed by atoms with Crippen LogP contribution in [0, 0.1) is 29.1 Å². The molecule has 2 aliphatic heterocycles. The van der Waals surface area contributed by atoms with Gasteiger partial charge in [-0.3, -0.25) is 4.79 Å². The average Bonchev–Trinajstić information content (AvgIpc) is 3.37. The van der Waals surface area contributed by atoms with Gasteiger partial charge in [0.2, 0.25) is 0 Å². The zero-order valence-electron chi connectivity index (χ0n) is 25.5. The van der Waals surface area contributed by atoms with Crippen molar-refractivity contribution >= 4 is 40.8 Å². The summed E-state index contributed by atoms with van der Waals surface area (Å²) in [7, 11) is 0. The predicted octanol–water partition coefficient (Wildman–Crippen LogP) is 5.95. The molecule has 2 aromatic heterocycles. The number of rotatable bonds is 4. The number of nitrogens with zero attached hydrogens (tertiary/aromatic N) is 3. The summed E-state index contributed by atoms with van der Waals surface area (Å²) in [6, 6.07) is 6.46. The van der Waals surface area contributed by atoms with Crippen LogP contribution in [0.2, 0.25) is 0 Å². The smallest absolute Gasteiger partial charge is 0.410 e. The minimum atomic E-state index is -1.32. The van der Waals surface area contributed by atoms with E-state index in [1.807, 2.05) is 54.4 Å². The van der Waals surface area contributed by atoms with E-state index in [-0.39, 0.29) is 24.3 Å². The Morgan fingerprint density at radius 2 is 1.51 bits per heavy atom. The molecule has 0 spiro atoms. The van der Waals surface area contributed by atoms with Crippen molar-refractivity contribution in [3.05, 3.63) is 44.8 Å². The van der Waals surface area contributed by atoms with Crippen LogP contribution >= 0.6 is 22.7 Å². The van der Waals surface area contributed by atoms with E-state index in [0.29, 0.717) is 32.5 Å². The number of amides is 2. The fourth-order valence-electron chi connectivity index (χ4n) is 7.72. The standard InChI is InChI=1S/C32H39N3O6S2/c1-28(2,3)39-25(36)32(21-10-14-43-17-21)24-8-12-35(27(38)40-29(4,5)6)19-31(24,32)41-26(37)34-11-7-22-23(15-34)30(22,18-33)20-9-13-42-16-20/h9-10,13-14,16-17,22-24H,7-8,11-12,15,19H2,1-6H3. The summed E-state index contributed by atoms with van der Waals surface area (Å²) in [4.78, 5) is 44.8. The number of ether oxygens (including phenoxy) is 3. The van der Waals surface area contributed by atoms with E-state index in [1.165, 1.54) is 11.3 Å². The van der Waals surface area contributed by atoms with Gasteiger partial charge in [-0.05, 0) is 105 Å². The highest BCUT2D eigenvalue weighted by Gasteiger charge is 2.87. The Morgan fingerprint density at radius 1 is 0.884 bits per heavy atom. The van der Waals surface area contributed by atoms with E-state index < -0.39 is 45.8 Å². The van der Waals surface area contributed by atoms with Gasteiger partial charge in [0.05, 0.1) is 18.0 Å². The number of piperidine rings is 2. The Balaban J connectivity index is 1.32. The number of hydrogen-bond acceptors (Lipinski definition) is 9. The lowest BCUT2D eigenvalue weighted by molar-refractivity contribution is -0.160. The van der Waals surface area contributed by atoms with Gasteiger partial charge in [0.15, 0.2) is 5.60 Å². The van der Waals surface area contributed by atoms with Crippen LogP contribution in [0.25, 0.3) is 0 Å². The largest absolute Gasteiger partial charge is 0.459 e. The quantitative estimate of drug-likeness (QED) is 0.305. The van der Waals surface area contributed by atoms with Gasteiger partial charge in [0.25, 0.3) is 0 Å². The first kappa shape index (κ1) is 29.9. The van der Waals surface area contributed by atoms with Crippen LogP contribution in [0.1, 0.15) is 65.5 Å². The van der Waals surface area contributed by atoms with Crippen LogP contribution in [-0.4, -0.2) is 70.9 Å². The van der Waals surface area contributed by atoms with Gasteiger partial charge >= 0.3 is 18.2 Å². The molecule has 2 aromatic rings. The Hall–Kier alpha value is -3.10. The molecule has 6 atom stereocenters. The van der Waals surface area contributed by atoms with E-state index in [0.717, 1.165) is 11.1 Å². The number of carbonyl (C=O) groups excluding carboxylic acids is 3. The van der Waals surface area contributed by atoms with E-state index in [2.05, 4.69) is 6.07 Å². The predicted molar refractivity (Wildman–Crippen MR) is 162 cm³/mol. The molecule has 2 saturated heterocycles. The summed E-state index contributed by atoms with van der Waals surface area (Å²) < 4.78 is 18.2. The molecule has 4 fully saturated rings. The Kier molecular flexibility index (Phi) is 6.94. The monoisotopic (exact) mass is 625 g/mol. The summed E-state index contributed by atoms with van der Waals surface area (Å²) in [5.74, 6) is -0.594. The minimum absolute atomic E-state index is 0.0182. The lowest BCUT2D eigenvalue weighted by atomic mass is 9.92. The van der Waals surface area contributed by atoms with Crippen LogP contribution in [0.5, 0.6) is 0 Å². The number of likely N-dealkylation sites (tertiary alicyclic amines) is 2. The van der Waals surface area contributed by atoms with Gasteiger partial charge in [0.1, 0.15) is 16.6 Å². The van der Waals surface area contributed by atoms with E-state index >= 15 is 0 Å². The molecule has 4 heterocycles. The Labute approximate surface area is 260 Å². The molecule has 43 heavy (non-hydrogen) atoms. The normalized spacial score (nSPS) is 33.0. The van der Waals surface area contributed by atoms with Gasteiger partial charge in [-0.15, -0.1) is 0 Å². The molecule has 2 aliphatic carbocycles. The van der Waals surface area contributed by atoms with Gasteiger partial charge in [-0.1, -0.05) is 0 Å². The highest BCUT2D eigenvalue weighted by molar-refractivity contribution is 7.08. The fourth-order valence-corrected chi connectivity index (χ4v) is 9.16. The molecule has 2 amide bonds. The van der Waals surface area contributed by atoms with E-state index in [1.54, 1.807) is 41.9 Å². The highest BCUT2D eigenvalue weighted by Crippen LogP contribution is 2.70. The van der Waals surface area contributed by atoms with Crippen molar-refractivity contribution in [1.82, 2.24) is 9.80 Å². The van der Waals surface area contributed by atoms with Crippen LogP contribution < -0.4 is 0 Å². The molecule has 230 valence electrons. The van der Waals surface area contributed by atoms with Crippen molar-refractivity contribution in [3.63, 3.8) is 0 Å². The zero-order chi connectivity index (χ0) is 31.0. The second-order valence-corrected chi connectivity index (χ2v) is 15.8. The molecule has 0 radical (unpaired) electrons. The molecule has 9 nitrogen and oxygen atoms in total. The summed E-state index contributed by atoms with van der Waals surface area (Å²) in [6.45, 7) is 12.1. The summed E-state index contributed by atoms with van der Waals surface area (Å²) >= 11 is 3.03. The average molecular weight is 626 g/mol. The van der Waals surface area contributed by atoms with Crippen LogP contribution in [0.3, 0.4) is 0 Å².